The Bertz CT molecular complexity index is 651. The van der Waals surface area contributed by atoms with Crippen LogP contribution in [0.2, 0.25) is 0 Å². The Morgan fingerprint density at radius 1 is 0.731 bits per heavy atom. The fourth-order valence-electron chi connectivity index (χ4n) is 3.19. The van der Waals surface area contributed by atoms with Gasteiger partial charge in [-0.3, -0.25) is 0 Å². The summed E-state index contributed by atoms with van der Waals surface area (Å²) in [5, 5.41) is 10.9. The van der Waals surface area contributed by atoms with Crippen LogP contribution in [0.1, 0.15) is 74.6 Å². The van der Waals surface area contributed by atoms with E-state index in [0.717, 1.165) is 36.5 Å². The van der Waals surface area contributed by atoms with Crippen molar-refractivity contribution in [1.82, 2.24) is 0 Å². The third-order valence-corrected chi connectivity index (χ3v) is 4.77. The van der Waals surface area contributed by atoms with E-state index >= 15 is 0 Å². The van der Waals surface area contributed by atoms with Crippen LogP contribution in [0.4, 0.5) is 0 Å². The zero-order valence-electron chi connectivity index (χ0n) is 15.8. The first-order chi connectivity index (χ1) is 12.8. The molecule has 2 aromatic carbocycles. The number of aliphatic hydroxyl groups excluding tert-OH is 1. The summed E-state index contributed by atoms with van der Waals surface area (Å²) < 4.78 is 5.40. The number of unbranched alkanes of at least 4 members (excludes halogenated alkanes) is 9. The van der Waals surface area contributed by atoms with Crippen molar-refractivity contribution in [3.8, 4) is 0 Å². The fraction of sp³-hybridized carbons (Fsp3) is 0.522. The maximum atomic E-state index is 12.1. The summed E-state index contributed by atoms with van der Waals surface area (Å²) in [5.41, 5.74) is 0.630. The van der Waals surface area contributed by atoms with Crippen molar-refractivity contribution in [3.05, 3.63) is 48.0 Å². The van der Waals surface area contributed by atoms with Crippen molar-refractivity contribution in [2.45, 2.75) is 64.2 Å². The Kier molecular flexibility index (Phi) is 9.81. The third-order valence-electron chi connectivity index (χ3n) is 4.77. The van der Waals surface area contributed by atoms with Crippen molar-refractivity contribution < 1.29 is 14.6 Å². The molecule has 0 bridgehead atoms. The summed E-state index contributed by atoms with van der Waals surface area (Å²) in [6.45, 7) is 0.832. The zero-order chi connectivity index (χ0) is 18.5. The number of hydrogen-bond donors (Lipinski definition) is 1. The molecule has 26 heavy (non-hydrogen) atoms. The van der Waals surface area contributed by atoms with Crippen molar-refractivity contribution >= 4 is 16.7 Å². The highest BCUT2D eigenvalue weighted by molar-refractivity contribution is 5.95. The number of carbonyl (C=O) groups is 1. The Balaban J connectivity index is 1.51. The largest absolute Gasteiger partial charge is 0.462 e. The molecule has 0 saturated carbocycles. The molecule has 0 fully saturated rings. The van der Waals surface area contributed by atoms with Crippen LogP contribution in [0.5, 0.6) is 0 Å². The standard InChI is InChI=1S/C23H32O3/c24-17-11-7-5-3-1-2-4-6-8-12-18-26-23(25)22-16-15-20-13-9-10-14-21(20)19-22/h9-10,13-16,19,24H,1-8,11-12,17-18H2. The Hall–Kier alpha value is -1.87. The fourth-order valence-corrected chi connectivity index (χ4v) is 3.19. The Morgan fingerprint density at radius 3 is 1.96 bits per heavy atom. The average Bonchev–Trinajstić information content (AvgIpc) is 2.68. The average molecular weight is 357 g/mol. The molecule has 3 heteroatoms. The highest BCUT2D eigenvalue weighted by atomic mass is 16.5. The van der Waals surface area contributed by atoms with Crippen LogP contribution in [0.3, 0.4) is 0 Å². The molecule has 0 aliphatic carbocycles. The van der Waals surface area contributed by atoms with E-state index in [1.54, 1.807) is 0 Å². The van der Waals surface area contributed by atoms with Crippen molar-refractivity contribution in [2.24, 2.45) is 0 Å². The second kappa shape index (κ2) is 12.5. The van der Waals surface area contributed by atoms with E-state index in [-0.39, 0.29) is 5.97 Å². The van der Waals surface area contributed by atoms with Crippen LogP contribution in [0.25, 0.3) is 10.8 Å². The van der Waals surface area contributed by atoms with Gasteiger partial charge in [-0.1, -0.05) is 81.7 Å². The van der Waals surface area contributed by atoms with E-state index < -0.39 is 0 Å². The maximum absolute atomic E-state index is 12.1. The SMILES string of the molecule is O=C(OCCCCCCCCCCCCO)c1ccc2ccccc2c1. The van der Waals surface area contributed by atoms with E-state index in [2.05, 4.69) is 0 Å². The number of rotatable bonds is 13. The number of fused-ring (bicyclic) bond motifs is 1. The van der Waals surface area contributed by atoms with Crippen molar-refractivity contribution in [1.29, 1.82) is 0 Å². The molecule has 2 rings (SSSR count). The summed E-state index contributed by atoms with van der Waals surface area (Å²) in [5.74, 6) is -0.223. The third kappa shape index (κ3) is 7.57. The van der Waals surface area contributed by atoms with Gasteiger partial charge in [-0.25, -0.2) is 4.79 Å². The minimum absolute atomic E-state index is 0.223. The topological polar surface area (TPSA) is 46.5 Å². The van der Waals surface area contributed by atoms with Gasteiger partial charge in [0, 0.05) is 6.61 Å². The molecule has 2 aromatic rings. The first-order valence-electron chi connectivity index (χ1n) is 10.1. The van der Waals surface area contributed by atoms with E-state index in [9.17, 15) is 4.79 Å². The number of benzene rings is 2. The van der Waals surface area contributed by atoms with Gasteiger partial charge in [0.1, 0.15) is 0 Å². The molecule has 0 aliphatic heterocycles. The molecule has 0 radical (unpaired) electrons. The lowest BCUT2D eigenvalue weighted by Gasteiger charge is -2.06. The molecule has 0 spiro atoms. The minimum Gasteiger partial charge on any atom is -0.462 e. The van der Waals surface area contributed by atoms with E-state index in [1.165, 1.54) is 38.5 Å². The lowest BCUT2D eigenvalue weighted by Crippen LogP contribution is -2.06. The summed E-state index contributed by atoms with van der Waals surface area (Å²) in [6.07, 6.45) is 11.7. The summed E-state index contributed by atoms with van der Waals surface area (Å²) in [6, 6.07) is 13.7. The van der Waals surface area contributed by atoms with Gasteiger partial charge < -0.3 is 9.84 Å². The second-order valence-electron chi connectivity index (χ2n) is 6.96. The lowest BCUT2D eigenvalue weighted by molar-refractivity contribution is 0.0498. The van der Waals surface area contributed by atoms with E-state index in [0.29, 0.717) is 18.8 Å². The summed E-state index contributed by atoms with van der Waals surface area (Å²) in [4.78, 5) is 12.1. The van der Waals surface area contributed by atoms with Crippen LogP contribution in [-0.2, 0) is 4.74 Å². The van der Waals surface area contributed by atoms with Gasteiger partial charge in [0.05, 0.1) is 12.2 Å². The van der Waals surface area contributed by atoms with Crippen LogP contribution in [0, 0.1) is 0 Å². The molecule has 142 valence electrons. The Morgan fingerprint density at radius 2 is 1.31 bits per heavy atom. The number of esters is 1. The quantitative estimate of drug-likeness (QED) is 0.359. The number of aliphatic hydroxyl groups is 1. The van der Waals surface area contributed by atoms with Crippen molar-refractivity contribution in [3.63, 3.8) is 0 Å². The first kappa shape index (κ1) is 20.4. The van der Waals surface area contributed by atoms with Crippen molar-refractivity contribution in [2.75, 3.05) is 13.2 Å². The smallest absolute Gasteiger partial charge is 0.338 e. The predicted octanol–water partition coefficient (Wildman–Crippen LogP) is 5.89. The molecule has 0 atom stereocenters. The first-order valence-corrected chi connectivity index (χ1v) is 10.1. The molecule has 3 nitrogen and oxygen atoms in total. The van der Waals surface area contributed by atoms with Gasteiger partial charge in [-0.2, -0.15) is 0 Å². The normalized spacial score (nSPS) is 11.0. The molecular formula is C23H32O3. The molecule has 0 amide bonds. The zero-order valence-corrected chi connectivity index (χ0v) is 15.8. The van der Waals surface area contributed by atoms with E-state index in [4.69, 9.17) is 9.84 Å². The molecule has 0 unspecified atom stereocenters. The van der Waals surface area contributed by atoms with E-state index in [1.807, 2.05) is 42.5 Å². The molecule has 0 aromatic heterocycles. The lowest BCUT2D eigenvalue weighted by atomic mass is 10.1. The molecule has 0 saturated heterocycles. The molecule has 1 N–H and O–H groups in total. The minimum atomic E-state index is -0.223. The van der Waals surface area contributed by atoms with Gasteiger partial charge in [0.2, 0.25) is 0 Å². The summed E-state index contributed by atoms with van der Waals surface area (Å²) >= 11 is 0. The van der Waals surface area contributed by atoms with Gasteiger partial charge >= 0.3 is 5.97 Å². The van der Waals surface area contributed by atoms with Gasteiger partial charge in [-0.05, 0) is 35.7 Å². The molecule has 0 aliphatic rings. The van der Waals surface area contributed by atoms with Gasteiger partial charge in [0.15, 0.2) is 0 Å². The maximum Gasteiger partial charge on any atom is 0.338 e. The molecular weight excluding hydrogens is 324 g/mol. The number of ether oxygens (including phenoxy) is 1. The van der Waals surface area contributed by atoms with Crippen LogP contribution in [-0.4, -0.2) is 24.3 Å². The second-order valence-corrected chi connectivity index (χ2v) is 6.96. The van der Waals surface area contributed by atoms with Crippen LogP contribution in [0.15, 0.2) is 42.5 Å². The van der Waals surface area contributed by atoms with Gasteiger partial charge in [-0.15, -0.1) is 0 Å². The molecule has 0 heterocycles. The summed E-state index contributed by atoms with van der Waals surface area (Å²) in [7, 11) is 0. The Labute approximate surface area is 157 Å². The predicted molar refractivity (Wildman–Crippen MR) is 107 cm³/mol. The highest BCUT2D eigenvalue weighted by Crippen LogP contribution is 2.16. The monoisotopic (exact) mass is 356 g/mol. The number of carbonyl (C=O) groups excluding carboxylic acids is 1. The van der Waals surface area contributed by atoms with Crippen LogP contribution < -0.4 is 0 Å². The number of hydrogen-bond acceptors (Lipinski definition) is 3. The highest BCUT2D eigenvalue weighted by Gasteiger charge is 2.07. The van der Waals surface area contributed by atoms with Crippen LogP contribution >= 0.6 is 0 Å². The van der Waals surface area contributed by atoms with Gasteiger partial charge in [0.25, 0.3) is 0 Å².